The van der Waals surface area contributed by atoms with Gasteiger partial charge in [-0.2, -0.15) is 39.2 Å². The van der Waals surface area contributed by atoms with Crippen molar-refractivity contribution in [1.82, 2.24) is 0 Å². The Bertz CT molecular complexity index is 1020. The van der Waals surface area contributed by atoms with Crippen LogP contribution in [0.4, 0.5) is 30.7 Å². The van der Waals surface area contributed by atoms with E-state index in [0.29, 0.717) is 0 Å². The lowest BCUT2D eigenvalue weighted by Crippen LogP contribution is -2.58. The molecule has 0 radical (unpaired) electrons. The van der Waals surface area contributed by atoms with Crippen molar-refractivity contribution in [3.05, 3.63) is 48.0 Å². The third-order valence-electron chi connectivity index (χ3n) is 4.47. The number of alkyl halides is 7. The van der Waals surface area contributed by atoms with Gasteiger partial charge in [-0.3, -0.25) is 9.35 Å². The molecule has 198 valence electrons. The second-order valence-corrected chi connectivity index (χ2v) is 8.83. The molecule has 0 aromatic heterocycles. The number of hydrogen-bond donors (Lipinski definition) is 1. The molecule has 1 rings (SSSR count). The van der Waals surface area contributed by atoms with E-state index in [9.17, 15) is 48.7 Å². The molecule has 0 aliphatic heterocycles. The number of carbonyl (C=O) groups excluding carboxylic acids is 2. The average Bonchev–Trinajstić information content (AvgIpc) is 2.71. The van der Waals surface area contributed by atoms with Gasteiger partial charge in [0.05, 0.1) is 6.61 Å². The largest absolute Gasteiger partial charge is 0.464 e. The van der Waals surface area contributed by atoms with Gasteiger partial charge in [0.15, 0.2) is 0 Å². The van der Waals surface area contributed by atoms with E-state index in [2.05, 4.69) is 16.1 Å². The number of rotatable bonds is 13. The topological polar surface area (TPSA) is 107 Å². The first-order valence-electron chi connectivity index (χ1n) is 9.68. The molecule has 1 atom stereocenters. The van der Waals surface area contributed by atoms with Crippen molar-refractivity contribution in [2.75, 3.05) is 6.61 Å². The van der Waals surface area contributed by atoms with E-state index in [4.69, 9.17) is 4.55 Å². The fraction of sp³-hybridized carbons (Fsp3) is 0.500. The molecule has 1 aromatic rings. The van der Waals surface area contributed by atoms with Crippen molar-refractivity contribution >= 4 is 21.9 Å². The first-order chi connectivity index (χ1) is 15.8. The van der Waals surface area contributed by atoms with Gasteiger partial charge in [0.2, 0.25) is 5.78 Å². The molecule has 0 amide bonds. The van der Waals surface area contributed by atoms with E-state index in [0.717, 1.165) is 6.92 Å². The van der Waals surface area contributed by atoms with Crippen molar-refractivity contribution in [3.63, 3.8) is 0 Å². The van der Waals surface area contributed by atoms with Crippen LogP contribution in [0.15, 0.2) is 42.5 Å². The van der Waals surface area contributed by atoms with Crippen LogP contribution in [0.1, 0.15) is 31.7 Å². The number of unbranched alkanes of at least 4 members (excludes halogenated alkanes) is 1. The lowest BCUT2D eigenvalue weighted by molar-refractivity contribution is -0.346. The lowest BCUT2D eigenvalue weighted by atomic mass is 10.0. The van der Waals surface area contributed by atoms with Gasteiger partial charge in [-0.15, -0.1) is 0 Å². The third kappa shape index (κ3) is 7.24. The minimum Gasteiger partial charge on any atom is -0.413 e. The van der Waals surface area contributed by atoms with Gasteiger partial charge in [-0.1, -0.05) is 36.9 Å². The third-order valence-corrected chi connectivity index (χ3v) is 5.42. The molecule has 0 bridgehead atoms. The molecule has 0 spiro atoms. The fourth-order valence-electron chi connectivity index (χ4n) is 2.58. The predicted molar refractivity (Wildman–Crippen MR) is 106 cm³/mol. The number of benzene rings is 1. The standard InChI is InChI=1S/C20H21F7O7S/c1-13(2)16(29)34-18(19(23,24)25,15(28)12-14-8-4-3-5-9-14)33-11-7-6-10-17(21,22)20(26,27)35(30,31)32/h3-5,8-9H,1,6-7,10-12H2,2H3,(H,30,31,32). The summed E-state index contributed by atoms with van der Waals surface area (Å²) in [5.41, 5.74) is -0.435. The summed E-state index contributed by atoms with van der Waals surface area (Å²) < 4.78 is 134. The van der Waals surface area contributed by atoms with Crippen LogP contribution in [0.2, 0.25) is 0 Å². The Labute approximate surface area is 195 Å². The number of hydrogen-bond acceptors (Lipinski definition) is 6. The zero-order chi connectivity index (χ0) is 27.3. The summed E-state index contributed by atoms with van der Waals surface area (Å²) in [4.78, 5) is 24.5. The average molecular weight is 538 g/mol. The Morgan fingerprint density at radius 2 is 1.54 bits per heavy atom. The first-order valence-corrected chi connectivity index (χ1v) is 11.1. The number of Topliss-reactive ketones (excluding diaryl/α,β-unsaturated/α-hetero) is 1. The van der Waals surface area contributed by atoms with Gasteiger partial charge in [-0.05, 0) is 25.3 Å². The molecule has 15 heteroatoms. The van der Waals surface area contributed by atoms with Crippen LogP contribution in [-0.4, -0.2) is 54.5 Å². The molecule has 0 fully saturated rings. The molecular weight excluding hydrogens is 517 g/mol. The number of esters is 1. The SMILES string of the molecule is C=C(C)C(=O)OC(OCCCCC(F)(F)C(F)(F)S(=O)(=O)O)(C(=O)Cc1ccccc1)C(F)(F)F. The monoisotopic (exact) mass is 538 g/mol. The quantitative estimate of drug-likeness (QED) is 0.0986. The second kappa shape index (κ2) is 11.0. The van der Waals surface area contributed by atoms with Crippen molar-refractivity contribution in [1.29, 1.82) is 0 Å². The van der Waals surface area contributed by atoms with Crippen LogP contribution < -0.4 is 0 Å². The molecular formula is C20H21F7O7S. The zero-order valence-electron chi connectivity index (χ0n) is 18.1. The summed E-state index contributed by atoms with van der Waals surface area (Å²) in [5.74, 6) is -12.9. The lowest BCUT2D eigenvalue weighted by Gasteiger charge is -2.33. The van der Waals surface area contributed by atoms with Crippen molar-refractivity contribution in [2.24, 2.45) is 0 Å². The Morgan fingerprint density at radius 1 is 1.00 bits per heavy atom. The normalized spacial score (nSPS) is 14.8. The van der Waals surface area contributed by atoms with Crippen LogP contribution in [-0.2, 0) is 35.6 Å². The van der Waals surface area contributed by atoms with E-state index < -0.39 is 82.9 Å². The number of halogens is 7. The Hall–Kier alpha value is -2.52. The van der Waals surface area contributed by atoms with E-state index in [1.54, 1.807) is 0 Å². The number of ether oxygens (including phenoxy) is 2. The molecule has 0 saturated carbocycles. The Balaban J connectivity index is 3.09. The van der Waals surface area contributed by atoms with E-state index in [-0.39, 0.29) is 5.56 Å². The Kier molecular flexibility index (Phi) is 9.62. The van der Waals surface area contributed by atoms with Crippen LogP contribution >= 0.6 is 0 Å². The van der Waals surface area contributed by atoms with E-state index >= 15 is 0 Å². The maximum Gasteiger partial charge on any atom is 0.464 e. The molecule has 1 unspecified atom stereocenters. The van der Waals surface area contributed by atoms with Gasteiger partial charge in [-0.25, -0.2) is 4.79 Å². The van der Waals surface area contributed by atoms with Gasteiger partial charge in [0.1, 0.15) is 0 Å². The summed E-state index contributed by atoms with van der Waals surface area (Å²) in [6, 6.07) is 6.96. The molecule has 1 N–H and O–H groups in total. The van der Waals surface area contributed by atoms with Gasteiger partial charge in [0.25, 0.3) is 0 Å². The summed E-state index contributed by atoms with van der Waals surface area (Å²) in [6.07, 6.45) is -10.3. The van der Waals surface area contributed by atoms with Gasteiger partial charge >= 0.3 is 39.2 Å². The van der Waals surface area contributed by atoms with Crippen molar-refractivity contribution in [2.45, 2.75) is 55.7 Å². The van der Waals surface area contributed by atoms with E-state index in [1.165, 1.54) is 30.3 Å². The van der Waals surface area contributed by atoms with Crippen LogP contribution in [0.3, 0.4) is 0 Å². The Morgan fingerprint density at radius 3 is 2.00 bits per heavy atom. The minimum absolute atomic E-state index is 0.0909. The second-order valence-electron chi connectivity index (χ2n) is 7.37. The predicted octanol–water partition coefficient (Wildman–Crippen LogP) is 4.48. The minimum atomic E-state index is -6.48. The molecule has 0 aliphatic carbocycles. The summed E-state index contributed by atoms with van der Waals surface area (Å²) in [6.45, 7) is 2.92. The fourth-order valence-corrected chi connectivity index (χ4v) is 3.06. The highest BCUT2D eigenvalue weighted by Crippen LogP contribution is 2.42. The summed E-state index contributed by atoms with van der Waals surface area (Å²) in [7, 11) is -6.48. The highest BCUT2D eigenvalue weighted by atomic mass is 32.2. The molecule has 0 heterocycles. The summed E-state index contributed by atoms with van der Waals surface area (Å²) in [5, 5.41) is -5.85. The van der Waals surface area contributed by atoms with Crippen molar-refractivity contribution < 1.29 is 62.8 Å². The summed E-state index contributed by atoms with van der Waals surface area (Å²) >= 11 is 0. The highest BCUT2D eigenvalue weighted by molar-refractivity contribution is 7.87. The van der Waals surface area contributed by atoms with Gasteiger partial charge < -0.3 is 9.47 Å². The maximum atomic E-state index is 14.0. The van der Waals surface area contributed by atoms with E-state index in [1.807, 2.05) is 0 Å². The molecule has 35 heavy (non-hydrogen) atoms. The van der Waals surface area contributed by atoms with Crippen LogP contribution in [0.5, 0.6) is 0 Å². The number of ketones is 1. The van der Waals surface area contributed by atoms with Gasteiger partial charge in [0, 0.05) is 18.4 Å². The molecule has 0 saturated heterocycles. The maximum absolute atomic E-state index is 14.0. The first kappa shape index (κ1) is 30.5. The van der Waals surface area contributed by atoms with Crippen molar-refractivity contribution in [3.8, 4) is 0 Å². The van der Waals surface area contributed by atoms with Crippen LogP contribution in [0.25, 0.3) is 0 Å². The molecule has 7 nitrogen and oxygen atoms in total. The smallest absolute Gasteiger partial charge is 0.413 e. The highest BCUT2D eigenvalue weighted by Gasteiger charge is 2.66. The molecule has 0 aliphatic rings. The zero-order valence-corrected chi connectivity index (χ0v) is 18.9. The van der Waals surface area contributed by atoms with Crippen LogP contribution in [0, 0.1) is 0 Å². The number of carbonyl (C=O) groups is 2. The molecule has 1 aromatic carbocycles.